The number of aryl methyl sites for hydroxylation is 1. The van der Waals surface area contributed by atoms with Crippen molar-refractivity contribution in [3.05, 3.63) is 36.4 Å². The Morgan fingerprint density at radius 2 is 2.28 bits per heavy atom. The number of imidazole rings is 1. The number of fused-ring (bicyclic) bond motifs is 1. The minimum atomic E-state index is 0.773. The molecule has 0 aliphatic rings. The summed E-state index contributed by atoms with van der Waals surface area (Å²) in [6, 6.07) is 6.29. The quantitative estimate of drug-likeness (QED) is 0.733. The Hall–Kier alpha value is -2.14. The van der Waals surface area contributed by atoms with Crippen LogP contribution >= 0.6 is 0 Å². The Morgan fingerprint density at radius 1 is 1.39 bits per heavy atom. The Kier molecular flexibility index (Phi) is 2.60. The van der Waals surface area contributed by atoms with E-state index >= 15 is 0 Å². The van der Waals surface area contributed by atoms with Gasteiger partial charge < -0.3 is 9.88 Å². The Labute approximate surface area is 105 Å². The van der Waals surface area contributed by atoms with E-state index in [2.05, 4.69) is 38.7 Å². The van der Waals surface area contributed by atoms with Gasteiger partial charge in [0, 0.05) is 19.2 Å². The first-order chi connectivity index (χ1) is 8.79. The second-order valence-corrected chi connectivity index (χ2v) is 4.35. The molecule has 0 radical (unpaired) electrons. The van der Waals surface area contributed by atoms with E-state index in [1.807, 2.05) is 31.2 Å². The SMILES string of the molecule is CNCc1[nH]ncc1-c1ccc2c(c1)ncn2C. The molecule has 0 atom stereocenters. The van der Waals surface area contributed by atoms with Gasteiger partial charge in [-0.25, -0.2) is 4.98 Å². The lowest BCUT2D eigenvalue weighted by Gasteiger charge is -2.03. The first kappa shape index (κ1) is 11.0. The summed E-state index contributed by atoms with van der Waals surface area (Å²) in [7, 11) is 3.92. The zero-order chi connectivity index (χ0) is 12.5. The summed E-state index contributed by atoms with van der Waals surface area (Å²) in [5.74, 6) is 0. The molecule has 0 spiro atoms. The van der Waals surface area contributed by atoms with Crippen LogP contribution in [0.2, 0.25) is 0 Å². The van der Waals surface area contributed by atoms with Gasteiger partial charge in [0.2, 0.25) is 0 Å². The van der Waals surface area contributed by atoms with Crippen molar-refractivity contribution in [2.24, 2.45) is 7.05 Å². The lowest BCUT2D eigenvalue weighted by Crippen LogP contribution is -2.06. The molecule has 0 saturated heterocycles. The molecule has 0 fully saturated rings. The third-order valence-corrected chi connectivity index (χ3v) is 3.11. The first-order valence-electron chi connectivity index (χ1n) is 5.88. The Bertz CT molecular complexity index is 680. The number of nitrogens with zero attached hydrogens (tertiary/aromatic N) is 3. The van der Waals surface area contributed by atoms with E-state index in [0.29, 0.717) is 0 Å². The van der Waals surface area contributed by atoms with Crippen molar-refractivity contribution in [1.82, 2.24) is 25.1 Å². The largest absolute Gasteiger partial charge is 0.334 e. The summed E-state index contributed by atoms with van der Waals surface area (Å²) in [4.78, 5) is 4.38. The van der Waals surface area contributed by atoms with Crippen LogP contribution in [-0.2, 0) is 13.6 Å². The van der Waals surface area contributed by atoms with Gasteiger partial charge in [0.25, 0.3) is 0 Å². The smallest absolute Gasteiger partial charge is 0.0955 e. The minimum absolute atomic E-state index is 0.773. The number of nitrogens with one attached hydrogen (secondary N) is 2. The van der Waals surface area contributed by atoms with Crippen molar-refractivity contribution < 1.29 is 0 Å². The predicted octanol–water partition coefficient (Wildman–Crippen LogP) is 1.68. The first-order valence-corrected chi connectivity index (χ1v) is 5.88. The molecule has 2 N–H and O–H groups in total. The maximum atomic E-state index is 4.38. The number of H-pyrrole nitrogens is 1. The molecule has 0 bridgehead atoms. The van der Waals surface area contributed by atoms with Gasteiger partial charge in [-0.15, -0.1) is 0 Å². The third-order valence-electron chi connectivity index (χ3n) is 3.11. The second-order valence-electron chi connectivity index (χ2n) is 4.35. The number of aromatic amines is 1. The minimum Gasteiger partial charge on any atom is -0.334 e. The molecule has 18 heavy (non-hydrogen) atoms. The van der Waals surface area contributed by atoms with Crippen LogP contribution in [0.25, 0.3) is 22.2 Å². The molecule has 0 amide bonds. The highest BCUT2D eigenvalue weighted by Gasteiger charge is 2.08. The summed E-state index contributed by atoms with van der Waals surface area (Å²) < 4.78 is 2.02. The van der Waals surface area contributed by atoms with Gasteiger partial charge >= 0.3 is 0 Å². The van der Waals surface area contributed by atoms with Crippen molar-refractivity contribution in [2.75, 3.05) is 7.05 Å². The molecule has 3 rings (SSSR count). The van der Waals surface area contributed by atoms with E-state index in [-0.39, 0.29) is 0 Å². The monoisotopic (exact) mass is 241 g/mol. The number of hydrogen-bond donors (Lipinski definition) is 2. The molecule has 2 heterocycles. The zero-order valence-electron chi connectivity index (χ0n) is 10.4. The van der Waals surface area contributed by atoms with Gasteiger partial charge in [0.05, 0.1) is 29.3 Å². The van der Waals surface area contributed by atoms with Gasteiger partial charge in [-0.2, -0.15) is 5.10 Å². The fraction of sp³-hybridized carbons (Fsp3) is 0.231. The van der Waals surface area contributed by atoms with E-state index < -0.39 is 0 Å². The van der Waals surface area contributed by atoms with Crippen LogP contribution in [0.5, 0.6) is 0 Å². The Morgan fingerprint density at radius 3 is 3.11 bits per heavy atom. The van der Waals surface area contributed by atoms with Crippen LogP contribution in [0.4, 0.5) is 0 Å². The highest BCUT2D eigenvalue weighted by atomic mass is 15.1. The van der Waals surface area contributed by atoms with Crippen molar-refractivity contribution in [3.63, 3.8) is 0 Å². The average molecular weight is 241 g/mol. The van der Waals surface area contributed by atoms with Gasteiger partial charge in [-0.05, 0) is 24.7 Å². The lowest BCUT2D eigenvalue weighted by atomic mass is 10.1. The molecule has 1 aromatic carbocycles. The van der Waals surface area contributed by atoms with Crippen LogP contribution < -0.4 is 5.32 Å². The van der Waals surface area contributed by atoms with Crippen molar-refractivity contribution in [3.8, 4) is 11.1 Å². The summed E-state index contributed by atoms with van der Waals surface area (Å²) in [5, 5.41) is 10.3. The van der Waals surface area contributed by atoms with E-state index in [9.17, 15) is 0 Å². The second kappa shape index (κ2) is 4.27. The van der Waals surface area contributed by atoms with Crippen molar-refractivity contribution >= 4 is 11.0 Å². The van der Waals surface area contributed by atoms with Gasteiger partial charge in [0.15, 0.2) is 0 Å². The molecule has 5 nitrogen and oxygen atoms in total. The molecule has 5 heteroatoms. The molecule has 0 aliphatic carbocycles. The maximum Gasteiger partial charge on any atom is 0.0955 e. The van der Waals surface area contributed by atoms with E-state index in [1.165, 1.54) is 0 Å². The van der Waals surface area contributed by atoms with E-state index in [1.54, 1.807) is 0 Å². The lowest BCUT2D eigenvalue weighted by molar-refractivity contribution is 0.785. The average Bonchev–Trinajstić information content (AvgIpc) is 2.97. The molecule has 3 aromatic rings. The maximum absolute atomic E-state index is 4.38. The fourth-order valence-corrected chi connectivity index (χ4v) is 2.18. The molecule has 0 saturated carbocycles. The molecule has 2 aromatic heterocycles. The van der Waals surface area contributed by atoms with Crippen LogP contribution in [0.15, 0.2) is 30.7 Å². The summed E-state index contributed by atoms with van der Waals surface area (Å²) in [6.45, 7) is 0.773. The standard InChI is InChI=1S/C13H15N5/c1-14-7-12-10(6-16-17-12)9-3-4-13-11(5-9)15-8-18(13)2/h3-6,8,14H,7H2,1-2H3,(H,16,17). The number of hydrogen-bond acceptors (Lipinski definition) is 3. The summed E-state index contributed by atoms with van der Waals surface area (Å²) in [5.41, 5.74) is 5.49. The van der Waals surface area contributed by atoms with E-state index in [4.69, 9.17) is 0 Å². The highest BCUT2D eigenvalue weighted by molar-refractivity contribution is 5.82. The molecular weight excluding hydrogens is 226 g/mol. The summed E-state index contributed by atoms with van der Waals surface area (Å²) in [6.07, 6.45) is 3.69. The molecule has 0 unspecified atom stereocenters. The number of benzene rings is 1. The predicted molar refractivity (Wildman–Crippen MR) is 71.1 cm³/mol. The normalized spacial score (nSPS) is 11.2. The zero-order valence-corrected chi connectivity index (χ0v) is 10.4. The topological polar surface area (TPSA) is 58.5 Å². The van der Waals surface area contributed by atoms with Gasteiger partial charge in [-0.1, -0.05) is 6.07 Å². The number of rotatable bonds is 3. The fourth-order valence-electron chi connectivity index (χ4n) is 2.18. The van der Waals surface area contributed by atoms with Crippen LogP contribution in [-0.4, -0.2) is 26.8 Å². The molecule has 0 aliphatic heterocycles. The summed E-state index contributed by atoms with van der Waals surface area (Å²) >= 11 is 0. The molecule has 92 valence electrons. The number of aromatic nitrogens is 4. The van der Waals surface area contributed by atoms with Crippen LogP contribution in [0.3, 0.4) is 0 Å². The van der Waals surface area contributed by atoms with Crippen LogP contribution in [0.1, 0.15) is 5.69 Å². The van der Waals surface area contributed by atoms with Gasteiger partial charge in [-0.3, -0.25) is 5.10 Å². The van der Waals surface area contributed by atoms with E-state index in [0.717, 1.165) is 34.4 Å². The van der Waals surface area contributed by atoms with Crippen molar-refractivity contribution in [2.45, 2.75) is 6.54 Å². The Balaban J connectivity index is 2.10. The van der Waals surface area contributed by atoms with Crippen LogP contribution in [0, 0.1) is 0 Å². The highest BCUT2D eigenvalue weighted by Crippen LogP contribution is 2.25. The molecular formula is C13H15N5. The van der Waals surface area contributed by atoms with Gasteiger partial charge in [0.1, 0.15) is 0 Å². The third kappa shape index (κ3) is 1.69. The van der Waals surface area contributed by atoms with Crippen molar-refractivity contribution in [1.29, 1.82) is 0 Å².